The quantitative estimate of drug-likeness (QED) is 0.713. The van der Waals surface area contributed by atoms with Gasteiger partial charge in [-0.05, 0) is 38.0 Å². The van der Waals surface area contributed by atoms with E-state index < -0.39 is 0 Å². The van der Waals surface area contributed by atoms with Gasteiger partial charge in [0.25, 0.3) is 0 Å². The fraction of sp³-hybridized carbons (Fsp3) is 0.533. The van der Waals surface area contributed by atoms with Crippen molar-refractivity contribution in [1.82, 2.24) is 4.90 Å². The number of aliphatic imine (C=N–C) groups is 1. The number of rotatable bonds is 2. The van der Waals surface area contributed by atoms with Gasteiger partial charge in [0.1, 0.15) is 7.85 Å². The maximum Gasteiger partial charge on any atom is 0.113 e. The second-order valence-electron chi connectivity index (χ2n) is 5.33. The van der Waals surface area contributed by atoms with E-state index in [4.69, 9.17) is 12.8 Å². The van der Waals surface area contributed by atoms with Crippen LogP contribution in [0, 0.1) is 5.92 Å². The number of fused-ring (bicyclic) bond motifs is 1. The van der Waals surface area contributed by atoms with Crippen LogP contribution in [0.1, 0.15) is 30.9 Å². The zero-order valence-electron chi connectivity index (χ0n) is 11.0. The maximum atomic E-state index is 5.83. The Bertz CT molecular complexity index is 473. The smallest absolute Gasteiger partial charge is 0.113 e. The molecule has 2 heterocycles. The monoisotopic (exact) mass is 238 g/mol. The molecule has 0 aliphatic carbocycles. The predicted octanol–water partition coefficient (Wildman–Crippen LogP) is 1.52. The zero-order valence-corrected chi connectivity index (χ0v) is 11.0. The molecule has 0 atom stereocenters. The van der Waals surface area contributed by atoms with E-state index in [0.29, 0.717) is 5.92 Å². The van der Waals surface area contributed by atoms with Crippen LogP contribution >= 0.6 is 0 Å². The molecule has 3 rings (SSSR count). The molecule has 0 N–H and O–H groups in total. The van der Waals surface area contributed by atoms with E-state index in [-0.39, 0.29) is 0 Å². The van der Waals surface area contributed by atoms with Crippen molar-refractivity contribution in [2.75, 3.05) is 19.6 Å². The summed E-state index contributed by atoms with van der Waals surface area (Å²) >= 11 is 0. The van der Waals surface area contributed by atoms with Crippen molar-refractivity contribution >= 4 is 19.0 Å². The lowest BCUT2D eigenvalue weighted by atomic mass is 9.85. The van der Waals surface area contributed by atoms with Crippen LogP contribution in [-0.2, 0) is 6.54 Å². The summed E-state index contributed by atoms with van der Waals surface area (Å²) in [7, 11) is 5.83. The highest BCUT2D eigenvalue weighted by Gasteiger charge is 2.27. The molecule has 0 unspecified atom stereocenters. The number of piperidine rings is 1. The van der Waals surface area contributed by atoms with Crippen molar-refractivity contribution in [2.45, 2.75) is 26.3 Å². The van der Waals surface area contributed by atoms with E-state index >= 15 is 0 Å². The zero-order chi connectivity index (χ0) is 12.5. The summed E-state index contributed by atoms with van der Waals surface area (Å²) < 4.78 is 0. The highest BCUT2D eigenvalue weighted by atomic mass is 15.1. The van der Waals surface area contributed by atoms with Crippen molar-refractivity contribution in [2.24, 2.45) is 10.9 Å². The Morgan fingerprint density at radius 1 is 1.33 bits per heavy atom. The molecule has 1 aromatic carbocycles. The van der Waals surface area contributed by atoms with Crippen LogP contribution in [0.25, 0.3) is 0 Å². The third-order valence-corrected chi connectivity index (χ3v) is 4.25. The molecule has 2 aliphatic rings. The third kappa shape index (κ3) is 2.12. The number of hydrogen-bond donors (Lipinski definition) is 0. The average Bonchev–Trinajstić information content (AvgIpc) is 2.81. The van der Waals surface area contributed by atoms with Crippen LogP contribution in [0.15, 0.2) is 23.2 Å². The summed E-state index contributed by atoms with van der Waals surface area (Å²) in [6.07, 6.45) is 2.49. The molecule has 92 valence electrons. The SMILES string of the molecule is [B]c1ccc2c(c1)CN=C2C1CCN(CC)CC1. The first-order valence-electron chi connectivity index (χ1n) is 6.93. The first-order valence-corrected chi connectivity index (χ1v) is 6.93. The second-order valence-corrected chi connectivity index (χ2v) is 5.33. The minimum Gasteiger partial charge on any atom is -0.304 e. The Kier molecular flexibility index (Phi) is 3.25. The van der Waals surface area contributed by atoms with Crippen molar-refractivity contribution in [3.05, 3.63) is 29.3 Å². The minimum atomic E-state index is 0.651. The van der Waals surface area contributed by atoms with Gasteiger partial charge in [-0.1, -0.05) is 30.6 Å². The molecule has 2 aliphatic heterocycles. The first kappa shape index (κ1) is 12.0. The molecule has 1 aromatic rings. The number of benzene rings is 1. The van der Waals surface area contributed by atoms with E-state index in [1.165, 1.54) is 49.3 Å². The van der Waals surface area contributed by atoms with Crippen molar-refractivity contribution in [3.63, 3.8) is 0 Å². The van der Waals surface area contributed by atoms with Crippen LogP contribution in [-0.4, -0.2) is 38.1 Å². The van der Waals surface area contributed by atoms with Crippen LogP contribution in [0.3, 0.4) is 0 Å². The van der Waals surface area contributed by atoms with Gasteiger partial charge in [0, 0.05) is 17.2 Å². The Morgan fingerprint density at radius 2 is 2.11 bits per heavy atom. The Hall–Kier alpha value is -1.09. The summed E-state index contributed by atoms with van der Waals surface area (Å²) in [5.74, 6) is 0.651. The molecule has 0 aromatic heterocycles. The van der Waals surface area contributed by atoms with Crippen LogP contribution in [0.4, 0.5) is 0 Å². The molecule has 2 nitrogen and oxygen atoms in total. The predicted molar refractivity (Wildman–Crippen MR) is 76.9 cm³/mol. The molecular weight excluding hydrogens is 219 g/mol. The molecule has 0 bridgehead atoms. The van der Waals surface area contributed by atoms with Crippen molar-refractivity contribution in [3.8, 4) is 0 Å². The van der Waals surface area contributed by atoms with Crippen molar-refractivity contribution < 1.29 is 0 Å². The summed E-state index contributed by atoms with van der Waals surface area (Å²) in [4.78, 5) is 7.29. The molecule has 1 fully saturated rings. The normalized spacial score (nSPS) is 20.8. The average molecular weight is 238 g/mol. The lowest BCUT2D eigenvalue weighted by Crippen LogP contribution is -2.36. The van der Waals surface area contributed by atoms with E-state index in [1.54, 1.807) is 0 Å². The van der Waals surface area contributed by atoms with Gasteiger partial charge in [0.15, 0.2) is 0 Å². The molecule has 18 heavy (non-hydrogen) atoms. The fourth-order valence-electron chi connectivity index (χ4n) is 3.12. The molecule has 0 spiro atoms. The number of hydrogen-bond acceptors (Lipinski definition) is 2. The number of nitrogens with zero attached hydrogens (tertiary/aromatic N) is 2. The van der Waals surface area contributed by atoms with Crippen molar-refractivity contribution in [1.29, 1.82) is 0 Å². The summed E-state index contributed by atoms with van der Waals surface area (Å²) in [5, 5.41) is 0. The second kappa shape index (κ2) is 4.89. The van der Waals surface area contributed by atoms with Crippen LogP contribution in [0.5, 0.6) is 0 Å². The van der Waals surface area contributed by atoms with Gasteiger partial charge in [-0.2, -0.15) is 0 Å². The molecular formula is C15H19BN2. The highest BCUT2D eigenvalue weighted by molar-refractivity contribution is 6.32. The van der Waals surface area contributed by atoms with E-state index in [1.807, 2.05) is 6.07 Å². The number of likely N-dealkylation sites (tertiary alicyclic amines) is 1. The molecule has 1 saturated heterocycles. The Morgan fingerprint density at radius 3 is 2.83 bits per heavy atom. The van der Waals surface area contributed by atoms with Gasteiger partial charge < -0.3 is 4.90 Å². The Labute approximate surface area is 111 Å². The van der Waals surface area contributed by atoms with Gasteiger partial charge in [-0.25, -0.2) is 0 Å². The van der Waals surface area contributed by atoms with Gasteiger partial charge in [-0.15, -0.1) is 0 Å². The molecule has 0 amide bonds. The topological polar surface area (TPSA) is 15.6 Å². The van der Waals surface area contributed by atoms with Gasteiger partial charge >= 0.3 is 0 Å². The summed E-state index contributed by atoms with van der Waals surface area (Å²) in [6, 6.07) is 6.23. The standard InChI is InChI=1S/C15H19BN2/c1-2-18-7-5-11(6-8-18)15-14-4-3-13(16)9-12(14)10-17-15/h3-4,9,11H,2,5-8,10H2,1H3. The summed E-state index contributed by atoms with van der Waals surface area (Å²) in [6.45, 7) is 6.66. The lowest BCUT2D eigenvalue weighted by Gasteiger charge is -2.31. The highest BCUT2D eigenvalue weighted by Crippen LogP contribution is 2.28. The molecule has 2 radical (unpaired) electrons. The van der Waals surface area contributed by atoms with Crippen LogP contribution in [0.2, 0.25) is 0 Å². The van der Waals surface area contributed by atoms with E-state index in [9.17, 15) is 0 Å². The van der Waals surface area contributed by atoms with Gasteiger partial charge in [-0.3, -0.25) is 4.99 Å². The van der Waals surface area contributed by atoms with Gasteiger partial charge in [0.2, 0.25) is 0 Å². The lowest BCUT2D eigenvalue weighted by molar-refractivity contribution is 0.219. The van der Waals surface area contributed by atoms with E-state index in [2.05, 4.69) is 24.0 Å². The molecule has 3 heteroatoms. The fourth-order valence-corrected chi connectivity index (χ4v) is 3.12. The Balaban J connectivity index is 1.76. The summed E-state index contributed by atoms with van der Waals surface area (Å²) in [5.41, 5.74) is 4.84. The van der Waals surface area contributed by atoms with Crippen LogP contribution < -0.4 is 5.46 Å². The third-order valence-electron chi connectivity index (χ3n) is 4.25. The first-order chi connectivity index (χ1) is 8.78. The van der Waals surface area contributed by atoms with Gasteiger partial charge in [0.05, 0.1) is 6.54 Å². The minimum absolute atomic E-state index is 0.651. The van der Waals surface area contributed by atoms with E-state index in [0.717, 1.165) is 12.0 Å². The maximum absolute atomic E-state index is 5.83. The largest absolute Gasteiger partial charge is 0.304 e. The molecule has 0 saturated carbocycles.